The predicted octanol–water partition coefficient (Wildman–Crippen LogP) is 3.68. The van der Waals surface area contributed by atoms with E-state index in [1.54, 1.807) is 0 Å². The van der Waals surface area contributed by atoms with Gasteiger partial charge in [0.1, 0.15) is 6.61 Å². The Labute approximate surface area is 193 Å². The summed E-state index contributed by atoms with van der Waals surface area (Å²) in [6.07, 6.45) is -5.80. The van der Waals surface area contributed by atoms with Gasteiger partial charge in [-0.1, -0.05) is 48.5 Å². The zero-order chi connectivity index (χ0) is 24.5. The third-order valence-electron chi connectivity index (χ3n) is 6.34. The van der Waals surface area contributed by atoms with E-state index in [2.05, 4.69) is 5.32 Å². The van der Waals surface area contributed by atoms with Crippen molar-refractivity contribution in [1.82, 2.24) is 10.6 Å². The first-order valence-electron chi connectivity index (χ1n) is 10.8. The number of hydrogen-bond donors (Lipinski definition) is 3. The van der Waals surface area contributed by atoms with Gasteiger partial charge in [-0.25, -0.2) is 4.79 Å². The molecule has 10 heteroatoms. The van der Waals surface area contributed by atoms with Gasteiger partial charge in [0.05, 0.1) is 5.92 Å². The summed E-state index contributed by atoms with van der Waals surface area (Å²) in [6, 6.07) is 14.7. The summed E-state index contributed by atoms with van der Waals surface area (Å²) in [6.45, 7) is -1.05. The van der Waals surface area contributed by atoms with Crippen molar-refractivity contribution in [2.24, 2.45) is 11.8 Å². The van der Waals surface area contributed by atoms with Crippen LogP contribution in [0.4, 0.5) is 18.0 Å². The average Bonchev–Trinajstić information content (AvgIpc) is 3.07. The highest BCUT2D eigenvalue weighted by molar-refractivity contribution is 5.82. The number of benzene rings is 2. The molecule has 0 saturated heterocycles. The van der Waals surface area contributed by atoms with E-state index in [1.165, 1.54) is 0 Å². The summed E-state index contributed by atoms with van der Waals surface area (Å²) in [5.41, 5.74) is 3.96. The topological polar surface area (TPSA) is 105 Å². The number of carboxylic acids is 1. The van der Waals surface area contributed by atoms with Gasteiger partial charge in [-0.05, 0) is 35.1 Å². The van der Waals surface area contributed by atoms with Crippen LogP contribution in [-0.2, 0) is 14.3 Å². The number of aliphatic carboxylic acids is 1. The van der Waals surface area contributed by atoms with E-state index >= 15 is 0 Å². The molecule has 180 valence electrons. The normalized spacial score (nSPS) is 19.9. The van der Waals surface area contributed by atoms with Crippen LogP contribution in [0, 0.1) is 11.8 Å². The number of ether oxygens (including phenoxy) is 1. The largest absolute Gasteiger partial charge is 0.481 e. The second-order valence-corrected chi connectivity index (χ2v) is 8.51. The first-order valence-corrected chi connectivity index (χ1v) is 10.8. The van der Waals surface area contributed by atoms with E-state index in [0.29, 0.717) is 0 Å². The summed E-state index contributed by atoms with van der Waals surface area (Å²) in [5, 5.41) is 13.1. The summed E-state index contributed by atoms with van der Waals surface area (Å²) in [5.74, 6) is -5.75. The highest BCUT2D eigenvalue weighted by atomic mass is 19.4. The number of halogens is 3. The Balaban J connectivity index is 1.32. The van der Waals surface area contributed by atoms with E-state index < -0.39 is 48.6 Å². The number of carboxylic acid groups (broad SMARTS) is 1. The van der Waals surface area contributed by atoms with Crippen molar-refractivity contribution in [3.05, 3.63) is 59.7 Å². The Bertz CT molecular complexity index is 1050. The van der Waals surface area contributed by atoms with Gasteiger partial charge in [-0.2, -0.15) is 13.2 Å². The zero-order valence-corrected chi connectivity index (χ0v) is 18.0. The van der Waals surface area contributed by atoms with E-state index in [0.717, 1.165) is 22.3 Å². The van der Waals surface area contributed by atoms with Gasteiger partial charge < -0.3 is 20.5 Å². The molecule has 2 aliphatic carbocycles. The predicted molar refractivity (Wildman–Crippen MR) is 115 cm³/mol. The van der Waals surface area contributed by atoms with Gasteiger partial charge in [0, 0.05) is 18.5 Å². The second-order valence-electron chi connectivity index (χ2n) is 8.51. The molecular weight excluding hydrogens is 453 g/mol. The molecule has 2 amide bonds. The molecule has 2 aromatic carbocycles. The maximum Gasteiger partial charge on any atom is 0.407 e. The lowest BCUT2D eigenvalue weighted by atomic mass is 9.80. The highest BCUT2D eigenvalue weighted by Gasteiger charge is 2.47. The molecule has 1 saturated carbocycles. The van der Waals surface area contributed by atoms with Crippen molar-refractivity contribution >= 4 is 18.0 Å². The molecule has 7 nitrogen and oxygen atoms in total. The number of rotatable bonds is 7. The summed E-state index contributed by atoms with van der Waals surface area (Å²) in [4.78, 5) is 35.2. The van der Waals surface area contributed by atoms with Crippen LogP contribution in [0.5, 0.6) is 0 Å². The van der Waals surface area contributed by atoms with Crippen LogP contribution in [0.25, 0.3) is 11.1 Å². The standard InChI is InChI=1S/C24H23F3N2O5/c25-24(26,27)20(21(30)29-14-9-13(10-14)22(31)32)11-28-23(33)34-12-19-17-7-3-1-5-15(17)16-6-2-4-8-18(16)19/h1-8,13-14,19-20H,9-12H2,(H,28,33)(H,29,30)(H,31,32). The lowest BCUT2D eigenvalue weighted by molar-refractivity contribution is -0.182. The van der Waals surface area contributed by atoms with Crippen LogP contribution in [0.2, 0.25) is 0 Å². The van der Waals surface area contributed by atoms with Crippen LogP contribution in [0.3, 0.4) is 0 Å². The minimum atomic E-state index is -4.89. The molecule has 0 bridgehead atoms. The number of hydrogen-bond acceptors (Lipinski definition) is 4. The van der Waals surface area contributed by atoms with Crippen molar-refractivity contribution in [1.29, 1.82) is 0 Å². The molecule has 3 N–H and O–H groups in total. The van der Waals surface area contributed by atoms with Crippen LogP contribution in [0.1, 0.15) is 29.9 Å². The van der Waals surface area contributed by atoms with Gasteiger partial charge in [-0.15, -0.1) is 0 Å². The maximum atomic E-state index is 13.4. The summed E-state index contributed by atoms with van der Waals surface area (Å²) in [7, 11) is 0. The molecule has 0 heterocycles. The van der Waals surface area contributed by atoms with Crippen molar-refractivity contribution < 1.29 is 37.4 Å². The molecule has 2 aliphatic rings. The number of alkyl halides is 3. The summed E-state index contributed by atoms with van der Waals surface area (Å²) < 4.78 is 45.5. The van der Waals surface area contributed by atoms with E-state index in [-0.39, 0.29) is 25.4 Å². The van der Waals surface area contributed by atoms with Crippen molar-refractivity contribution in [2.45, 2.75) is 31.0 Å². The molecule has 0 radical (unpaired) electrons. The Morgan fingerprint density at radius 2 is 1.56 bits per heavy atom. The third kappa shape index (κ3) is 4.85. The van der Waals surface area contributed by atoms with Crippen LogP contribution in [-0.4, -0.2) is 48.4 Å². The Morgan fingerprint density at radius 1 is 1.00 bits per heavy atom. The Kier molecular flexibility index (Phi) is 6.49. The molecule has 1 unspecified atom stereocenters. The number of amides is 2. The molecule has 0 aromatic heterocycles. The Hall–Kier alpha value is -3.56. The molecule has 1 atom stereocenters. The minimum absolute atomic E-state index is 0.0681. The first kappa shape index (κ1) is 23.6. The van der Waals surface area contributed by atoms with Gasteiger partial charge >= 0.3 is 18.2 Å². The van der Waals surface area contributed by atoms with Gasteiger partial charge in [-0.3, -0.25) is 9.59 Å². The molecule has 0 aliphatic heterocycles. The van der Waals surface area contributed by atoms with Crippen LogP contribution >= 0.6 is 0 Å². The lowest BCUT2D eigenvalue weighted by Crippen LogP contribution is -2.53. The van der Waals surface area contributed by atoms with Crippen molar-refractivity contribution in [2.75, 3.05) is 13.2 Å². The fraction of sp³-hybridized carbons (Fsp3) is 0.375. The first-order chi connectivity index (χ1) is 16.1. The number of carbonyl (C=O) groups excluding carboxylic acids is 2. The number of alkyl carbamates (subject to hydrolysis) is 1. The molecule has 0 spiro atoms. The number of fused-ring (bicyclic) bond motifs is 3. The van der Waals surface area contributed by atoms with Gasteiger partial charge in [0.15, 0.2) is 5.92 Å². The summed E-state index contributed by atoms with van der Waals surface area (Å²) >= 11 is 0. The second kappa shape index (κ2) is 9.36. The zero-order valence-electron chi connectivity index (χ0n) is 18.0. The third-order valence-corrected chi connectivity index (χ3v) is 6.34. The fourth-order valence-corrected chi connectivity index (χ4v) is 4.43. The average molecular weight is 476 g/mol. The molecule has 4 rings (SSSR count). The van der Waals surface area contributed by atoms with Crippen molar-refractivity contribution in [3.8, 4) is 11.1 Å². The van der Waals surface area contributed by atoms with E-state index in [1.807, 2.05) is 53.8 Å². The van der Waals surface area contributed by atoms with E-state index in [4.69, 9.17) is 9.84 Å². The van der Waals surface area contributed by atoms with Crippen LogP contribution < -0.4 is 10.6 Å². The molecule has 1 fully saturated rings. The highest BCUT2D eigenvalue weighted by Crippen LogP contribution is 2.44. The minimum Gasteiger partial charge on any atom is -0.481 e. The van der Waals surface area contributed by atoms with Crippen molar-refractivity contribution in [3.63, 3.8) is 0 Å². The molecule has 34 heavy (non-hydrogen) atoms. The molecular formula is C24H23F3N2O5. The molecule has 2 aromatic rings. The van der Waals surface area contributed by atoms with Gasteiger partial charge in [0.2, 0.25) is 5.91 Å². The fourth-order valence-electron chi connectivity index (χ4n) is 4.43. The SMILES string of the molecule is O=C(NCC(C(=O)NC1CC(C(=O)O)C1)C(F)(F)F)OCC1c2ccccc2-c2ccccc21. The maximum absolute atomic E-state index is 13.4. The number of nitrogens with one attached hydrogen (secondary N) is 2. The smallest absolute Gasteiger partial charge is 0.407 e. The lowest BCUT2D eigenvalue weighted by Gasteiger charge is -2.34. The monoisotopic (exact) mass is 476 g/mol. The van der Waals surface area contributed by atoms with Crippen LogP contribution in [0.15, 0.2) is 48.5 Å². The van der Waals surface area contributed by atoms with Gasteiger partial charge in [0.25, 0.3) is 0 Å². The Morgan fingerprint density at radius 3 is 2.09 bits per heavy atom. The van der Waals surface area contributed by atoms with E-state index in [9.17, 15) is 27.6 Å². The quantitative estimate of drug-likeness (QED) is 0.566. The number of carbonyl (C=O) groups is 3.